The van der Waals surface area contributed by atoms with Crippen molar-refractivity contribution in [3.05, 3.63) is 50.1 Å². The van der Waals surface area contributed by atoms with Gasteiger partial charge in [0, 0.05) is 16.6 Å². The van der Waals surface area contributed by atoms with E-state index in [0.29, 0.717) is 0 Å². The highest BCUT2D eigenvalue weighted by molar-refractivity contribution is 5.99. The minimum atomic E-state index is -1.47. The second kappa shape index (κ2) is 7.97. The summed E-state index contributed by atoms with van der Waals surface area (Å²) in [4.78, 5) is 44.5. The number of nitrogens with zero attached hydrogens (tertiary/aromatic N) is 2. The van der Waals surface area contributed by atoms with Gasteiger partial charge in [-0.05, 0) is 13.8 Å². The minimum Gasteiger partial charge on any atom is -0.465 e. The highest BCUT2D eigenvalue weighted by Gasteiger charge is 2.40. The molecule has 23 heavy (non-hydrogen) atoms. The molecule has 1 aromatic rings. The maximum absolute atomic E-state index is 12.0. The second-order valence-corrected chi connectivity index (χ2v) is 4.78. The van der Waals surface area contributed by atoms with Crippen molar-refractivity contribution in [2.45, 2.75) is 19.8 Å². The first-order chi connectivity index (χ1) is 10.8. The molecule has 9 nitrogen and oxygen atoms in total. The van der Waals surface area contributed by atoms with Crippen LogP contribution in [0.25, 0.3) is 0 Å². The van der Waals surface area contributed by atoms with Crippen molar-refractivity contribution in [3.63, 3.8) is 0 Å². The largest absolute Gasteiger partial charge is 0.465 e. The van der Waals surface area contributed by atoms with Gasteiger partial charge in [0.25, 0.3) is 5.69 Å². The van der Waals surface area contributed by atoms with E-state index in [4.69, 9.17) is 4.74 Å². The number of benzene rings is 1. The van der Waals surface area contributed by atoms with Crippen LogP contribution in [0.3, 0.4) is 0 Å². The Kier molecular flexibility index (Phi) is 6.31. The molecule has 1 rings (SSSR count). The Labute approximate surface area is 131 Å². The predicted octanol–water partition coefficient (Wildman–Crippen LogP) is 1.72. The van der Waals surface area contributed by atoms with Gasteiger partial charge in [-0.2, -0.15) is 0 Å². The van der Waals surface area contributed by atoms with Crippen LogP contribution in [0.1, 0.15) is 25.3 Å². The average Bonchev–Trinajstić information content (AvgIpc) is 2.46. The molecule has 0 amide bonds. The van der Waals surface area contributed by atoms with Crippen LogP contribution in [0.4, 0.5) is 5.69 Å². The van der Waals surface area contributed by atoms with Crippen molar-refractivity contribution in [3.8, 4) is 0 Å². The van der Waals surface area contributed by atoms with E-state index in [1.54, 1.807) is 0 Å². The Morgan fingerprint density at radius 1 is 1.22 bits per heavy atom. The van der Waals surface area contributed by atoms with Gasteiger partial charge in [0.2, 0.25) is 6.54 Å². The fourth-order valence-corrected chi connectivity index (χ4v) is 2.36. The van der Waals surface area contributed by atoms with Crippen molar-refractivity contribution in [1.82, 2.24) is 0 Å². The quantitative estimate of drug-likeness (QED) is 0.308. The molecule has 9 heteroatoms. The minimum absolute atomic E-state index is 0.00925. The Hall–Kier alpha value is -2.84. The van der Waals surface area contributed by atoms with Gasteiger partial charge in [0.15, 0.2) is 0 Å². The highest BCUT2D eigenvalue weighted by atomic mass is 16.6. The lowest BCUT2D eigenvalue weighted by Crippen LogP contribution is -2.34. The number of nitro benzene ring substituents is 1. The van der Waals surface area contributed by atoms with E-state index in [9.17, 15) is 29.8 Å². The van der Waals surface area contributed by atoms with E-state index in [1.807, 2.05) is 0 Å². The summed E-state index contributed by atoms with van der Waals surface area (Å²) in [5.41, 5.74) is -0.419. The third-order valence-electron chi connectivity index (χ3n) is 3.26. The Morgan fingerprint density at radius 2 is 1.83 bits per heavy atom. The number of Topliss-reactive ketones (excluding diaryl/α,β-unsaturated/α-hetero) is 1. The molecule has 124 valence electrons. The lowest BCUT2D eigenvalue weighted by molar-refractivity contribution is -0.484. The molecule has 0 aliphatic heterocycles. The number of esters is 1. The Balaban J connectivity index is 3.43. The van der Waals surface area contributed by atoms with E-state index in [2.05, 4.69) is 0 Å². The Bertz CT molecular complexity index is 629. The molecule has 0 saturated heterocycles. The second-order valence-electron chi connectivity index (χ2n) is 4.78. The molecular formula is C14H16N2O7. The van der Waals surface area contributed by atoms with Gasteiger partial charge in [-0.25, -0.2) is 0 Å². The molecule has 0 bridgehead atoms. The predicted molar refractivity (Wildman–Crippen MR) is 78.5 cm³/mol. The number of rotatable bonds is 8. The summed E-state index contributed by atoms with van der Waals surface area (Å²) in [6.45, 7) is 1.82. The van der Waals surface area contributed by atoms with Gasteiger partial charge < -0.3 is 4.74 Å². The van der Waals surface area contributed by atoms with Gasteiger partial charge in [0.1, 0.15) is 11.7 Å². The summed E-state index contributed by atoms with van der Waals surface area (Å²) in [7, 11) is 0. The number of hydrogen-bond donors (Lipinski definition) is 0. The molecule has 2 unspecified atom stereocenters. The number of carbonyl (C=O) groups excluding carboxylic acids is 2. The zero-order chi connectivity index (χ0) is 17.6. The van der Waals surface area contributed by atoms with Gasteiger partial charge >= 0.3 is 5.97 Å². The molecule has 0 saturated carbocycles. The SMILES string of the molecule is CCOC(=O)C(C(C)=O)C(C[N+](=O)[O-])c1ccccc1[N+](=O)[O-]. The number of hydrogen-bond acceptors (Lipinski definition) is 7. The molecule has 0 aliphatic rings. The molecule has 0 aromatic heterocycles. The van der Waals surface area contributed by atoms with Crippen LogP contribution in [0.15, 0.2) is 24.3 Å². The summed E-state index contributed by atoms with van der Waals surface area (Å²) in [5, 5.41) is 22.1. The van der Waals surface area contributed by atoms with Crippen molar-refractivity contribution < 1.29 is 24.2 Å². The van der Waals surface area contributed by atoms with Crippen LogP contribution in [-0.2, 0) is 14.3 Å². The summed E-state index contributed by atoms with van der Waals surface area (Å²) in [5.74, 6) is -4.32. The molecule has 0 heterocycles. The van der Waals surface area contributed by atoms with Crippen LogP contribution >= 0.6 is 0 Å². The molecule has 2 atom stereocenters. The summed E-state index contributed by atoms with van der Waals surface area (Å²) >= 11 is 0. The lowest BCUT2D eigenvalue weighted by Gasteiger charge is -2.20. The summed E-state index contributed by atoms with van der Waals surface area (Å²) < 4.78 is 4.80. The number of ketones is 1. The van der Waals surface area contributed by atoms with Crippen LogP contribution in [-0.4, -0.2) is 34.8 Å². The number of ether oxygens (including phenoxy) is 1. The standard InChI is InChI=1S/C14H16N2O7/c1-3-23-14(18)13(9(2)17)11(8-15(19)20)10-6-4-5-7-12(10)16(21)22/h4-7,11,13H,3,8H2,1-2H3. The number of carbonyl (C=O) groups is 2. The molecular weight excluding hydrogens is 308 g/mol. The van der Waals surface area contributed by atoms with Crippen LogP contribution < -0.4 is 0 Å². The molecule has 1 aromatic carbocycles. The van der Waals surface area contributed by atoms with E-state index in [0.717, 1.165) is 6.92 Å². The van der Waals surface area contributed by atoms with Crippen molar-refractivity contribution in [2.24, 2.45) is 5.92 Å². The van der Waals surface area contributed by atoms with Crippen LogP contribution in [0, 0.1) is 26.1 Å². The molecule has 0 spiro atoms. The van der Waals surface area contributed by atoms with Gasteiger partial charge in [-0.1, -0.05) is 18.2 Å². The molecule has 0 N–H and O–H groups in total. The van der Waals surface area contributed by atoms with E-state index < -0.39 is 40.0 Å². The highest BCUT2D eigenvalue weighted by Crippen LogP contribution is 2.33. The molecule has 0 fully saturated rings. The number of nitro groups is 2. The van der Waals surface area contributed by atoms with Gasteiger partial charge in [-0.3, -0.25) is 29.8 Å². The van der Waals surface area contributed by atoms with E-state index in [-0.39, 0.29) is 17.9 Å². The zero-order valence-corrected chi connectivity index (χ0v) is 12.6. The summed E-state index contributed by atoms with van der Waals surface area (Å²) in [6, 6.07) is 5.34. The van der Waals surface area contributed by atoms with Gasteiger partial charge in [0.05, 0.1) is 17.4 Å². The van der Waals surface area contributed by atoms with E-state index >= 15 is 0 Å². The van der Waals surface area contributed by atoms with Crippen molar-refractivity contribution >= 4 is 17.4 Å². The maximum Gasteiger partial charge on any atom is 0.317 e. The monoisotopic (exact) mass is 324 g/mol. The first-order valence-electron chi connectivity index (χ1n) is 6.81. The van der Waals surface area contributed by atoms with Crippen LogP contribution in [0.2, 0.25) is 0 Å². The Morgan fingerprint density at radius 3 is 2.30 bits per heavy atom. The normalized spacial score (nSPS) is 13.0. The lowest BCUT2D eigenvalue weighted by atomic mass is 9.82. The third kappa shape index (κ3) is 4.56. The topological polar surface area (TPSA) is 130 Å². The molecule has 0 radical (unpaired) electrons. The molecule has 0 aliphatic carbocycles. The summed E-state index contributed by atoms with van der Waals surface area (Å²) in [6.07, 6.45) is 0. The van der Waals surface area contributed by atoms with Gasteiger partial charge in [-0.15, -0.1) is 0 Å². The van der Waals surface area contributed by atoms with Crippen molar-refractivity contribution in [1.29, 1.82) is 0 Å². The zero-order valence-electron chi connectivity index (χ0n) is 12.6. The third-order valence-corrected chi connectivity index (χ3v) is 3.26. The fourth-order valence-electron chi connectivity index (χ4n) is 2.36. The van der Waals surface area contributed by atoms with E-state index in [1.165, 1.54) is 31.2 Å². The average molecular weight is 324 g/mol. The maximum atomic E-state index is 12.0. The number of para-hydroxylation sites is 1. The fraction of sp³-hybridized carbons (Fsp3) is 0.429. The van der Waals surface area contributed by atoms with Crippen LogP contribution in [0.5, 0.6) is 0 Å². The van der Waals surface area contributed by atoms with Crippen molar-refractivity contribution in [2.75, 3.05) is 13.2 Å². The smallest absolute Gasteiger partial charge is 0.317 e. The first-order valence-corrected chi connectivity index (χ1v) is 6.81. The first kappa shape index (κ1) is 18.2.